The molecule has 162 valence electrons. The first kappa shape index (κ1) is 23.7. The summed E-state index contributed by atoms with van der Waals surface area (Å²) in [7, 11) is 0. The molecule has 30 heavy (non-hydrogen) atoms. The number of carbonyl (C=O) groups is 2. The Labute approximate surface area is 177 Å². The molecule has 0 radical (unpaired) electrons. The summed E-state index contributed by atoms with van der Waals surface area (Å²) in [4.78, 5) is 25.5. The van der Waals surface area contributed by atoms with Gasteiger partial charge in [-0.1, -0.05) is 29.3 Å². The van der Waals surface area contributed by atoms with Gasteiger partial charge in [-0.25, -0.2) is 9.18 Å². The average Bonchev–Trinajstić information content (AvgIpc) is 2.63. The number of hydrogen-bond donors (Lipinski definition) is 1. The van der Waals surface area contributed by atoms with Crippen LogP contribution in [0.4, 0.5) is 32.4 Å². The Morgan fingerprint density at radius 3 is 2.27 bits per heavy atom. The van der Waals surface area contributed by atoms with Crippen molar-refractivity contribution in [2.45, 2.75) is 19.5 Å². The van der Waals surface area contributed by atoms with Crippen molar-refractivity contribution >= 4 is 40.8 Å². The van der Waals surface area contributed by atoms with Crippen molar-refractivity contribution in [3.05, 3.63) is 57.8 Å². The van der Waals surface area contributed by atoms with Gasteiger partial charge in [0.15, 0.2) is 5.82 Å². The molecular formula is C18H13Cl2F5N2O3. The number of ether oxygens (including phenoxy) is 1. The van der Waals surface area contributed by atoms with E-state index < -0.39 is 36.0 Å². The van der Waals surface area contributed by atoms with Crippen LogP contribution in [-0.4, -0.2) is 31.0 Å². The number of halogens is 7. The Morgan fingerprint density at radius 2 is 1.77 bits per heavy atom. The summed E-state index contributed by atoms with van der Waals surface area (Å²) in [6, 6.07) is 5.43. The fourth-order valence-corrected chi connectivity index (χ4v) is 2.90. The van der Waals surface area contributed by atoms with Gasteiger partial charge >= 0.3 is 18.6 Å². The lowest BCUT2D eigenvalue weighted by Crippen LogP contribution is -2.43. The van der Waals surface area contributed by atoms with Crippen molar-refractivity contribution in [3.63, 3.8) is 0 Å². The second kappa shape index (κ2) is 9.48. The zero-order valence-electron chi connectivity index (χ0n) is 15.1. The van der Waals surface area contributed by atoms with E-state index in [-0.39, 0.29) is 27.8 Å². The molecule has 3 amide bonds. The number of carbonyl (C=O) groups excluding carboxylic acids is 2. The SMILES string of the molecule is CCN(C(=O)NC(=O)c1c(Cl)cccc1Cl)c1ccc(OC(F)C(F)(F)F)cc1F. The lowest BCUT2D eigenvalue weighted by atomic mass is 10.2. The molecule has 0 aliphatic carbocycles. The topological polar surface area (TPSA) is 58.6 Å². The highest BCUT2D eigenvalue weighted by Crippen LogP contribution is 2.29. The standard InChI is InChI=1S/C18H13Cl2F5N2O3/c1-2-27(17(29)26-15(28)14-10(19)4-3-5-11(14)20)13-7-6-9(8-12(13)21)30-16(22)18(23,24)25/h3-8,16H,2H2,1H3,(H,26,28,29). The minimum Gasteiger partial charge on any atom is -0.452 e. The van der Waals surface area contributed by atoms with Crippen LogP contribution in [0.1, 0.15) is 17.3 Å². The molecule has 1 unspecified atom stereocenters. The van der Waals surface area contributed by atoms with Crippen molar-refractivity contribution in [2.75, 3.05) is 11.4 Å². The summed E-state index contributed by atoms with van der Waals surface area (Å²) < 4.78 is 67.9. The average molecular weight is 471 g/mol. The van der Waals surface area contributed by atoms with Crippen LogP contribution in [0.15, 0.2) is 36.4 Å². The highest BCUT2D eigenvalue weighted by Gasteiger charge is 2.42. The van der Waals surface area contributed by atoms with E-state index in [1.807, 2.05) is 5.32 Å². The maximum Gasteiger partial charge on any atom is 0.457 e. The first-order valence-corrected chi connectivity index (χ1v) is 8.95. The van der Waals surface area contributed by atoms with Gasteiger partial charge in [-0.05, 0) is 31.2 Å². The number of benzene rings is 2. The van der Waals surface area contributed by atoms with Crippen LogP contribution in [0.5, 0.6) is 5.75 Å². The number of anilines is 1. The molecular weight excluding hydrogens is 458 g/mol. The van der Waals surface area contributed by atoms with Crippen molar-refractivity contribution in [1.29, 1.82) is 0 Å². The molecule has 2 aromatic rings. The van der Waals surface area contributed by atoms with Crippen molar-refractivity contribution in [2.24, 2.45) is 0 Å². The number of urea groups is 1. The lowest BCUT2D eigenvalue weighted by molar-refractivity contribution is -0.236. The van der Waals surface area contributed by atoms with E-state index in [0.29, 0.717) is 6.07 Å². The molecule has 0 bridgehead atoms. The number of rotatable bonds is 5. The van der Waals surface area contributed by atoms with Gasteiger partial charge < -0.3 is 4.74 Å². The third-order valence-corrected chi connectivity index (χ3v) is 4.31. The fraction of sp³-hybridized carbons (Fsp3) is 0.222. The third-order valence-electron chi connectivity index (χ3n) is 3.68. The minimum atomic E-state index is -5.29. The Kier molecular flexibility index (Phi) is 7.49. The zero-order valence-corrected chi connectivity index (χ0v) is 16.6. The predicted molar refractivity (Wildman–Crippen MR) is 100 cm³/mol. The Morgan fingerprint density at radius 1 is 1.17 bits per heavy atom. The van der Waals surface area contributed by atoms with E-state index in [1.165, 1.54) is 25.1 Å². The summed E-state index contributed by atoms with van der Waals surface area (Å²) in [5.41, 5.74) is -0.557. The molecule has 0 aromatic heterocycles. The van der Waals surface area contributed by atoms with Crippen LogP contribution in [-0.2, 0) is 0 Å². The van der Waals surface area contributed by atoms with Crippen LogP contribution in [0.25, 0.3) is 0 Å². The maximum atomic E-state index is 14.4. The number of imide groups is 1. The predicted octanol–water partition coefficient (Wildman–Crippen LogP) is 5.75. The molecule has 5 nitrogen and oxygen atoms in total. The van der Waals surface area contributed by atoms with E-state index in [2.05, 4.69) is 4.74 Å². The van der Waals surface area contributed by atoms with Gasteiger partial charge in [-0.3, -0.25) is 15.0 Å². The van der Waals surface area contributed by atoms with Crippen LogP contribution in [0, 0.1) is 5.82 Å². The molecule has 0 aliphatic rings. The van der Waals surface area contributed by atoms with E-state index in [0.717, 1.165) is 17.0 Å². The summed E-state index contributed by atoms with van der Waals surface area (Å²) >= 11 is 11.8. The second-order valence-electron chi connectivity index (χ2n) is 5.69. The van der Waals surface area contributed by atoms with E-state index in [4.69, 9.17) is 23.2 Å². The van der Waals surface area contributed by atoms with Gasteiger partial charge in [0, 0.05) is 12.6 Å². The van der Waals surface area contributed by atoms with Crippen LogP contribution >= 0.6 is 23.2 Å². The van der Waals surface area contributed by atoms with Gasteiger partial charge in [-0.2, -0.15) is 17.6 Å². The third kappa shape index (κ3) is 5.51. The van der Waals surface area contributed by atoms with Gasteiger partial charge in [0.05, 0.1) is 21.3 Å². The normalized spacial score (nSPS) is 12.3. The van der Waals surface area contributed by atoms with E-state index in [9.17, 15) is 31.5 Å². The summed E-state index contributed by atoms with van der Waals surface area (Å²) in [6.07, 6.45) is -8.93. The second-order valence-corrected chi connectivity index (χ2v) is 6.50. The molecule has 0 heterocycles. The van der Waals surface area contributed by atoms with Gasteiger partial charge in [0.25, 0.3) is 5.91 Å². The van der Waals surface area contributed by atoms with E-state index in [1.54, 1.807) is 0 Å². The highest BCUT2D eigenvalue weighted by atomic mass is 35.5. The Hall–Kier alpha value is -2.59. The molecule has 2 rings (SSSR count). The first-order valence-electron chi connectivity index (χ1n) is 8.19. The molecule has 0 fully saturated rings. The van der Waals surface area contributed by atoms with Crippen molar-refractivity contribution in [3.8, 4) is 5.75 Å². The number of alkyl halides is 4. The Balaban J connectivity index is 2.20. The number of nitrogens with one attached hydrogen (secondary N) is 1. The quantitative estimate of drug-likeness (QED) is 0.566. The van der Waals surface area contributed by atoms with Crippen molar-refractivity contribution in [1.82, 2.24) is 5.32 Å². The smallest absolute Gasteiger partial charge is 0.452 e. The summed E-state index contributed by atoms with van der Waals surface area (Å²) in [6.45, 7) is 1.33. The molecule has 12 heteroatoms. The fourth-order valence-electron chi connectivity index (χ4n) is 2.33. The highest BCUT2D eigenvalue weighted by molar-refractivity contribution is 6.40. The molecule has 0 aliphatic heterocycles. The minimum absolute atomic E-state index is 0.0195. The van der Waals surface area contributed by atoms with E-state index >= 15 is 0 Å². The van der Waals surface area contributed by atoms with Crippen LogP contribution in [0.3, 0.4) is 0 Å². The number of amides is 3. The summed E-state index contributed by atoms with van der Waals surface area (Å²) in [5.74, 6) is -2.86. The van der Waals surface area contributed by atoms with Crippen LogP contribution in [0.2, 0.25) is 10.0 Å². The van der Waals surface area contributed by atoms with Gasteiger partial charge in [-0.15, -0.1) is 0 Å². The summed E-state index contributed by atoms with van der Waals surface area (Å²) in [5, 5.41) is 1.95. The zero-order chi connectivity index (χ0) is 22.6. The first-order chi connectivity index (χ1) is 14.0. The molecule has 0 saturated carbocycles. The maximum absolute atomic E-state index is 14.4. The van der Waals surface area contributed by atoms with Crippen LogP contribution < -0.4 is 15.0 Å². The van der Waals surface area contributed by atoms with Gasteiger partial charge in [0.2, 0.25) is 0 Å². The largest absolute Gasteiger partial charge is 0.457 e. The molecule has 1 atom stereocenters. The lowest BCUT2D eigenvalue weighted by Gasteiger charge is -2.22. The Bertz CT molecular complexity index is 936. The number of nitrogens with zero attached hydrogens (tertiary/aromatic N) is 1. The molecule has 0 saturated heterocycles. The van der Waals surface area contributed by atoms with Gasteiger partial charge in [0.1, 0.15) is 5.75 Å². The molecule has 0 spiro atoms. The number of hydrogen-bond acceptors (Lipinski definition) is 3. The van der Waals surface area contributed by atoms with Crippen molar-refractivity contribution < 1.29 is 36.3 Å². The monoisotopic (exact) mass is 470 g/mol. The molecule has 1 N–H and O–H groups in total. The molecule has 2 aromatic carbocycles.